The summed E-state index contributed by atoms with van der Waals surface area (Å²) in [6.07, 6.45) is 0. The summed E-state index contributed by atoms with van der Waals surface area (Å²) in [4.78, 5) is 14.8. The van der Waals surface area contributed by atoms with Crippen molar-refractivity contribution in [1.29, 1.82) is 0 Å². The van der Waals surface area contributed by atoms with Crippen molar-refractivity contribution in [3.8, 4) is 0 Å². The molecule has 1 aromatic heterocycles. The number of H-pyrrole nitrogens is 1. The van der Waals surface area contributed by atoms with Gasteiger partial charge in [0.25, 0.3) is 0 Å². The van der Waals surface area contributed by atoms with Crippen LogP contribution in [0.2, 0.25) is 0 Å². The summed E-state index contributed by atoms with van der Waals surface area (Å²) in [6.45, 7) is 3.80. The van der Waals surface area contributed by atoms with Crippen molar-refractivity contribution >= 4 is 11.9 Å². The molecule has 0 amide bonds. The second kappa shape index (κ2) is 2.46. The van der Waals surface area contributed by atoms with Gasteiger partial charge in [0.1, 0.15) is 5.82 Å². The van der Waals surface area contributed by atoms with E-state index in [4.69, 9.17) is 10.8 Å². The van der Waals surface area contributed by atoms with Crippen LogP contribution in [0.25, 0.3) is 0 Å². The van der Waals surface area contributed by atoms with Gasteiger partial charge in [-0.3, -0.25) is 9.89 Å². The van der Waals surface area contributed by atoms with E-state index in [0.29, 0.717) is 5.82 Å². The number of nitrogens with zero attached hydrogens (tertiary/aromatic N) is 2. The van der Waals surface area contributed by atoms with E-state index in [0.717, 1.165) is 0 Å². The summed E-state index contributed by atoms with van der Waals surface area (Å²) < 4.78 is 0. The van der Waals surface area contributed by atoms with Crippen LogP contribution >= 0.6 is 0 Å². The number of carboxylic acids is 1. The molecule has 6 heteroatoms. The number of nitrogens with one attached hydrogen (secondary N) is 1. The molecule has 0 spiro atoms. The zero-order chi connectivity index (χ0) is 10.5. The second-order valence-electron chi connectivity index (χ2n) is 4.19. The van der Waals surface area contributed by atoms with Crippen molar-refractivity contribution < 1.29 is 9.90 Å². The topological polar surface area (TPSA) is 105 Å². The van der Waals surface area contributed by atoms with E-state index in [1.807, 2.05) is 13.8 Å². The van der Waals surface area contributed by atoms with Gasteiger partial charge in [0, 0.05) is 5.92 Å². The lowest BCUT2D eigenvalue weighted by Crippen LogP contribution is -2.03. The van der Waals surface area contributed by atoms with E-state index in [-0.39, 0.29) is 17.3 Å². The summed E-state index contributed by atoms with van der Waals surface area (Å²) in [5.74, 6) is -0.568. The van der Waals surface area contributed by atoms with Crippen molar-refractivity contribution in [1.82, 2.24) is 15.2 Å². The molecule has 1 saturated carbocycles. The highest BCUT2D eigenvalue weighted by atomic mass is 16.4. The molecule has 6 nitrogen and oxygen atoms in total. The Hall–Kier alpha value is -1.59. The first-order valence-electron chi connectivity index (χ1n) is 4.35. The number of hydrogen-bond donors (Lipinski definition) is 3. The largest absolute Gasteiger partial charge is 0.481 e. The highest BCUT2D eigenvalue weighted by Crippen LogP contribution is 2.63. The van der Waals surface area contributed by atoms with Crippen molar-refractivity contribution in [2.75, 3.05) is 5.73 Å². The Kier molecular flexibility index (Phi) is 1.58. The molecule has 0 aliphatic heterocycles. The first kappa shape index (κ1) is 8.98. The molecule has 1 aromatic rings. The predicted octanol–water partition coefficient (Wildman–Crippen LogP) is 0.211. The molecule has 1 aliphatic carbocycles. The normalized spacial score (nSPS) is 28.7. The van der Waals surface area contributed by atoms with Crippen LogP contribution < -0.4 is 5.73 Å². The van der Waals surface area contributed by atoms with Crippen LogP contribution in [0.1, 0.15) is 25.6 Å². The number of anilines is 1. The van der Waals surface area contributed by atoms with Crippen molar-refractivity contribution in [2.45, 2.75) is 19.8 Å². The van der Waals surface area contributed by atoms with Crippen LogP contribution in [-0.2, 0) is 4.79 Å². The van der Waals surface area contributed by atoms with Gasteiger partial charge < -0.3 is 10.8 Å². The van der Waals surface area contributed by atoms with Crippen LogP contribution in [0.3, 0.4) is 0 Å². The average Bonchev–Trinajstić information content (AvgIpc) is 2.42. The SMILES string of the molecule is CC1(C)C(C(=O)O)C1c1nc(N)n[nH]1. The first-order chi connectivity index (χ1) is 6.44. The zero-order valence-corrected chi connectivity index (χ0v) is 7.98. The Balaban J connectivity index is 2.27. The van der Waals surface area contributed by atoms with Crippen LogP contribution in [0.5, 0.6) is 0 Å². The number of carboxylic acid groups (broad SMARTS) is 1. The molecule has 2 unspecified atom stereocenters. The Morgan fingerprint density at radius 3 is 2.64 bits per heavy atom. The number of nitrogens with two attached hydrogens (primary N) is 1. The summed E-state index contributed by atoms with van der Waals surface area (Å²) >= 11 is 0. The number of hydrogen-bond acceptors (Lipinski definition) is 4. The third-order valence-electron chi connectivity index (χ3n) is 2.91. The molecule has 1 heterocycles. The van der Waals surface area contributed by atoms with E-state index < -0.39 is 11.9 Å². The Labute approximate surface area is 80.5 Å². The maximum absolute atomic E-state index is 10.9. The smallest absolute Gasteiger partial charge is 0.307 e. The molecule has 76 valence electrons. The Bertz CT molecular complexity index is 384. The van der Waals surface area contributed by atoms with E-state index in [9.17, 15) is 4.79 Å². The fraction of sp³-hybridized carbons (Fsp3) is 0.625. The number of carbonyl (C=O) groups is 1. The maximum Gasteiger partial charge on any atom is 0.307 e. The molecule has 0 bridgehead atoms. The molecule has 4 N–H and O–H groups in total. The van der Waals surface area contributed by atoms with E-state index >= 15 is 0 Å². The van der Waals surface area contributed by atoms with Gasteiger partial charge in [-0.05, 0) is 5.41 Å². The van der Waals surface area contributed by atoms with Gasteiger partial charge in [-0.2, -0.15) is 4.98 Å². The minimum atomic E-state index is -0.796. The second-order valence-corrected chi connectivity index (χ2v) is 4.19. The summed E-state index contributed by atoms with van der Waals surface area (Å²) in [5, 5.41) is 15.3. The van der Waals surface area contributed by atoms with Crippen LogP contribution in [0.4, 0.5) is 5.95 Å². The van der Waals surface area contributed by atoms with Crippen LogP contribution in [0.15, 0.2) is 0 Å². The lowest BCUT2D eigenvalue weighted by molar-refractivity contribution is -0.139. The number of aromatic nitrogens is 3. The standard InChI is InChI=1S/C8H12N4O2/c1-8(2)3(4(8)6(13)14)5-10-7(9)12-11-5/h3-4H,1-2H3,(H,13,14)(H3,9,10,11,12). The van der Waals surface area contributed by atoms with Gasteiger partial charge >= 0.3 is 5.97 Å². The predicted molar refractivity (Wildman–Crippen MR) is 48.4 cm³/mol. The third kappa shape index (κ3) is 1.07. The summed E-state index contributed by atoms with van der Waals surface area (Å²) in [7, 11) is 0. The van der Waals surface area contributed by atoms with Gasteiger partial charge in [0.2, 0.25) is 5.95 Å². The molecule has 1 fully saturated rings. The lowest BCUT2D eigenvalue weighted by atomic mass is 10.1. The highest BCUT2D eigenvalue weighted by Gasteiger charge is 2.64. The molecule has 1 aliphatic rings. The Morgan fingerprint density at radius 2 is 2.29 bits per heavy atom. The first-order valence-corrected chi connectivity index (χ1v) is 4.35. The Morgan fingerprint density at radius 1 is 1.64 bits per heavy atom. The molecule has 0 radical (unpaired) electrons. The van der Waals surface area contributed by atoms with E-state index in [2.05, 4.69) is 15.2 Å². The molecule has 2 atom stereocenters. The van der Waals surface area contributed by atoms with Gasteiger partial charge in [-0.25, -0.2) is 0 Å². The highest BCUT2D eigenvalue weighted by molar-refractivity contribution is 5.77. The molecular formula is C8H12N4O2. The average molecular weight is 196 g/mol. The monoisotopic (exact) mass is 196 g/mol. The molecule has 2 rings (SSSR count). The molecular weight excluding hydrogens is 184 g/mol. The van der Waals surface area contributed by atoms with Gasteiger partial charge in [0.05, 0.1) is 5.92 Å². The molecule has 0 saturated heterocycles. The zero-order valence-electron chi connectivity index (χ0n) is 7.98. The van der Waals surface area contributed by atoms with E-state index in [1.165, 1.54) is 0 Å². The maximum atomic E-state index is 10.9. The third-order valence-corrected chi connectivity index (χ3v) is 2.91. The number of aliphatic carboxylic acids is 1. The minimum absolute atomic E-state index is 0.107. The van der Waals surface area contributed by atoms with Gasteiger partial charge in [-0.15, -0.1) is 5.10 Å². The summed E-state index contributed by atoms with van der Waals surface area (Å²) in [5.41, 5.74) is 5.09. The number of aromatic amines is 1. The fourth-order valence-electron chi connectivity index (χ4n) is 2.04. The van der Waals surface area contributed by atoms with Crippen molar-refractivity contribution in [2.24, 2.45) is 11.3 Å². The van der Waals surface area contributed by atoms with Crippen molar-refractivity contribution in [3.63, 3.8) is 0 Å². The van der Waals surface area contributed by atoms with Crippen LogP contribution in [-0.4, -0.2) is 26.3 Å². The van der Waals surface area contributed by atoms with Gasteiger partial charge in [0.15, 0.2) is 0 Å². The van der Waals surface area contributed by atoms with Gasteiger partial charge in [-0.1, -0.05) is 13.8 Å². The number of rotatable bonds is 2. The van der Waals surface area contributed by atoms with Crippen LogP contribution in [0, 0.1) is 11.3 Å². The quantitative estimate of drug-likeness (QED) is 0.627. The molecule has 14 heavy (non-hydrogen) atoms. The van der Waals surface area contributed by atoms with E-state index in [1.54, 1.807) is 0 Å². The van der Waals surface area contributed by atoms with Crippen molar-refractivity contribution in [3.05, 3.63) is 5.82 Å². The summed E-state index contributed by atoms with van der Waals surface area (Å²) in [6, 6.07) is 0. The minimum Gasteiger partial charge on any atom is -0.481 e. The molecule has 0 aromatic carbocycles. The lowest BCUT2D eigenvalue weighted by Gasteiger charge is -1.96. The number of nitrogen functional groups attached to an aromatic ring is 1. The fourth-order valence-corrected chi connectivity index (χ4v) is 2.04.